The molecule has 0 saturated heterocycles. The molecule has 0 radical (unpaired) electrons. The van der Waals surface area contributed by atoms with Crippen molar-refractivity contribution in [3.05, 3.63) is 94.3 Å². The van der Waals surface area contributed by atoms with Gasteiger partial charge < -0.3 is 9.47 Å². The molecule has 3 aromatic carbocycles. The number of hydrogen-bond donors (Lipinski definition) is 0. The highest BCUT2D eigenvalue weighted by Gasteiger charge is 2.14. The Bertz CT molecular complexity index is 1300. The Labute approximate surface area is 189 Å². The molecule has 162 valence electrons. The van der Waals surface area contributed by atoms with E-state index in [0.29, 0.717) is 34.0 Å². The third kappa shape index (κ3) is 4.53. The van der Waals surface area contributed by atoms with Crippen LogP contribution in [0.4, 0.5) is 0 Å². The van der Waals surface area contributed by atoms with Gasteiger partial charge in [0.25, 0.3) is 5.56 Å². The Morgan fingerprint density at radius 2 is 1.72 bits per heavy atom. The molecule has 1 aromatic heterocycles. The summed E-state index contributed by atoms with van der Waals surface area (Å²) >= 11 is 1.46. The summed E-state index contributed by atoms with van der Waals surface area (Å²) in [6.45, 7) is 2.50. The average molecular weight is 447 g/mol. The second-order valence-corrected chi connectivity index (χ2v) is 7.90. The maximum absolute atomic E-state index is 13.4. The number of aromatic nitrogens is 2. The van der Waals surface area contributed by atoms with E-state index in [1.165, 1.54) is 18.9 Å². The zero-order valence-electron chi connectivity index (χ0n) is 17.8. The minimum Gasteiger partial charge on any atom is -0.494 e. The molecule has 4 aromatic rings. The standard InChI is InChI=1S/C25H22N2O4S/c1-3-31-20-14-12-19(13-15-20)27-23(28)21-6-4-5-7-22(21)26-25(27)32-16-17-8-10-18(11-9-17)24(29)30-2/h4-15H,3,16H2,1-2H3. The molecule has 0 bridgehead atoms. The zero-order valence-corrected chi connectivity index (χ0v) is 18.6. The van der Waals surface area contributed by atoms with Crippen LogP contribution in [0.2, 0.25) is 0 Å². The Morgan fingerprint density at radius 1 is 1.00 bits per heavy atom. The fraction of sp³-hybridized carbons (Fsp3) is 0.160. The van der Waals surface area contributed by atoms with Gasteiger partial charge in [0.1, 0.15) is 5.75 Å². The van der Waals surface area contributed by atoms with Gasteiger partial charge in [0.2, 0.25) is 0 Å². The van der Waals surface area contributed by atoms with E-state index < -0.39 is 0 Å². The van der Waals surface area contributed by atoms with E-state index >= 15 is 0 Å². The largest absolute Gasteiger partial charge is 0.494 e. The Balaban J connectivity index is 1.70. The van der Waals surface area contributed by atoms with Crippen LogP contribution in [-0.4, -0.2) is 29.2 Å². The third-order valence-corrected chi connectivity index (χ3v) is 5.90. The normalized spacial score (nSPS) is 10.8. The molecule has 0 saturated carbocycles. The first-order valence-corrected chi connectivity index (χ1v) is 11.1. The van der Waals surface area contributed by atoms with Gasteiger partial charge in [-0.2, -0.15) is 0 Å². The maximum atomic E-state index is 13.4. The van der Waals surface area contributed by atoms with Gasteiger partial charge in [0.05, 0.1) is 35.9 Å². The number of carbonyl (C=O) groups is 1. The first-order valence-electron chi connectivity index (χ1n) is 10.2. The van der Waals surface area contributed by atoms with Crippen molar-refractivity contribution in [3.8, 4) is 11.4 Å². The highest BCUT2D eigenvalue weighted by molar-refractivity contribution is 7.98. The predicted octanol–water partition coefficient (Wildman–Crippen LogP) is 4.86. The quantitative estimate of drug-likeness (QED) is 0.229. The topological polar surface area (TPSA) is 70.4 Å². The average Bonchev–Trinajstić information content (AvgIpc) is 2.83. The van der Waals surface area contributed by atoms with Crippen LogP contribution < -0.4 is 10.3 Å². The van der Waals surface area contributed by atoms with Crippen molar-refractivity contribution in [1.29, 1.82) is 0 Å². The van der Waals surface area contributed by atoms with Gasteiger partial charge in [-0.25, -0.2) is 9.78 Å². The van der Waals surface area contributed by atoms with E-state index in [4.69, 9.17) is 14.5 Å². The summed E-state index contributed by atoms with van der Waals surface area (Å²) < 4.78 is 11.9. The maximum Gasteiger partial charge on any atom is 0.337 e. The second-order valence-electron chi connectivity index (χ2n) is 6.96. The molecule has 0 atom stereocenters. The van der Waals surface area contributed by atoms with Crippen LogP contribution in [0.25, 0.3) is 16.6 Å². The number of fused-ring (bicyclic) bond motifs is 1. The minimum atomic E-state index is -0.371. The molecule has 6 nitrogen and oxygen atoms in total. The van der Waals surface area contributed by atoms with Gasteiger partial charge in [-0.15, -0.1) is 0 Å². The molecule has 0 N–H and O–H groups in total. The van der Waals surface area contributed by atoms with Crippen molar-refractivity contribution in [2.24, 2.45) is 0 Å². The number of methoxy groups -OCH3 is 1. The zero-order chi connectivity index (χ0) is 22.5. The Kier molecular flexibility index (Phi) is 6.56. The van der Waals surface area contributed by atoms with Crippen LogP contribution in [0.3, 0.4) is 0 Å². The van der Waals surface area contributed by atoms with Crippen LogP contribution in [0.1, 0.15) is 22.8 Å². The van der Waals surface area contributed by atoms with Crippen LogP contribution in [0, 0.1) is 0 Å². The molecular formula is C25H22N2O4S. The number of carbonyl (C=O) groups excluding carboxylic acids is 1. The molecule has 4 rings (SSSR count). The molecule has 0 aliphatic carbocycles. The summed E-state index contributed by atoms with van der Waals surface area (Å²) in [6, 6.07) is 22.0. The van der Waals surface area contributed by atoms with Crippen molar-refractivity contribution in [1.82, 2.24) is 9.55 Å². The van der Waals surface area contributed by atoms with Gasteiger partial charge in [0, 0.05) is 5.75 Å². The van der Waals surface area contributed by atoms with Crippen molar-refractivity contribution < 1.29 is 14.3 Å². The molecule has 0 unspecified atom stereocenters. The lowest BCUT2D eigenvalue weighted by atomic mass is 10.1. The van der Waals surface area contributed by atoms with Gasteiger partial charge in [-0.3, -0.25) is 9.36 Å². The molecular weight excluding hydrogens is 424 g/mol. The number of hydrogen-bond acceptors (Lipinski definition) is 6. The SMILES string of the molecule is CCOc1ccc(-n2c(SCc3ccc(C(=O)OC)cc3)nc3ccccc3c2=O)cc1. The first kappa shape index (κ1) is 21.6. The highest BCUT2D eigenvalue weighted by Crippen LogP contribution is 2.26. The summed E-state index contributed by atoms with van der Waals surface area (Å²) in [5.74, 6) is 0.964. The lowest BCUT2D eigenvalue weighted by Gasteiger charge is -2.14. The third-order valence-electron chi connectivity index (χ3n) is 4.89. The van der Waals surface area contributed by atoms with Crippen molar-refractivity contribution in [2.75, 3.05) is 13.7 Å². The number of nitrogens with zero attached hydrogens (tertiary/aromatic N) is 2. The fourth-order valence-electron chi connectivity index (χ4n) is 3.30. The summed E-state index contributed by atoms with van der Waals surface area (Å²) in [6.07, 6.45) is 0. The van der Waals surface area contributed by atoms with E-state index in [0.717, 1.165) is 17.0 Å². The molecule has 0 fully saturated rings. The van der Waals surface area contributed by atoms with E-state index in [2.05, 4.69) is 0 Å². The van der Waals surface area contributed by atoms with E-state index in [1.54, 1.807) is 22.8 Å². The number of esters is 1. The number of rotatable bonds is 7. The van der Waals surface area contributed by atoms with E-state index in [1.807, 2.05) is 61.5 Å². The van der Waals surface area contributed by atoms with Crippen LogP contribution in [0.15, 0.2) is 82.7 Å². The predicted molar refractivity (Wildman–Crippen MR) is 126 cm³/mol. The fourth-order valence-corrected chi connectivity index (χ4v) is 4.27. The van der Waals surface area contributed by atoms with Crippen molar-refractivity contribution in [3.63, 3.8) is 0 Å². The first-order chi connectivity index (χ1) is 15.6. The van der Waals surface area contributed by atoms with Gasteiger partial charge in [0.15, 0.2) is 5.16 Å². The van der Waals surface area contributed by atoms with E-state index in [-0.39, 0.29) is 11.5 Å². The highest BCUT2D eigenvalue weighted by atomic mass is 32.2. The molecule has 0 aliphatic heterocycles. The lowest BCUT2D eigenvalue weighted by Crippen LogP contribution is -2.21. The molecule has 32 heavy (non-hydrogen) atoms. The van der Waals surface area contributed by atoms with Crippen LogP contribution in [0.5, 0.6) is 5.75 Å². The van der Waals surface area contributed by atoms with Crippen molar-refractivity contribution in [2.45, 2.75) is 17.8 Å². The minimum absolute atomic E-state index is 0.122. The number of para-hydroxylation sites is 1. The summed E-state index contributed by atoms with van der Waals surface area (Å²) in [5, 5.41) is 1.16. The Hall–Kier alpha value is -3.58. The summed E-state index contributed by atoms with van der Waals surface area (Å²) in [7, 11) is 1.36. The number of thioether (sulfide) groups is 1. The molecule has 7 heteroatoms. The van der Waals surface area contributed by atoms with Gasteiger partial charge in [-0.05, 0) is 61.0 Å². The molecule has 0 amide bonds. The smallest absolute Gasteiger partial charge is 0.337 e. The number of ether oxygens (including phenoxy) is 2. The van der Waals surface area contributed by atoms with E-state index in [9.17, 15) is 9.59 Å². The second kappa shape index (κ2) is 9.70. The molecule has 1 heterocycles. The van der Waals surface area contributed by atoms with Gasteiger partial charge >= 0.3 is 5.97 Å². The van der Waals surface area contributed by atoms with Crippen molar-refractivity contribution >= 4 is 28.6 Å². The summed E-state index contributed by atoms with van der Waals surface area (Å²) in [4.78, 5) is 29.8. The molecule has 0 spiro atoms. The van der Waals surface area contributed by atoms with Gasteiger partial charge in [-0.1, -0.05) is 36.0 Å². The van der Waals surface area contributed by atoms with Crippen LogP contribution in [-0.2, 0) is 10.5 Å². The Morgan fingerprint density at radius 3 is 2.41 bits per heavy atom. The monoisotopic (exact) mass is 446 g/mol. The van der Waals surface area contributed by atoms with Crippen LogP contribution >= 0.6 is 11.8 Å². The summed E-state index contributed by atoms with van der Waals surface area (Å²) in [5.41, 5.74) is 2.76. The molecule has 0 aliphatic rings. The lowest BCUT2D eigenvalue weighted by molar-refractivity contribution is 0.0600. The number of benzene rings is 3.